The summed E-state index contributed by atoms with van der Waals surface area (Å²) in [6, 6.07) is 9.17. The number of morpholine rings is 1. The number of aromatic nitrogens is 2. The number of aryl methyl sites for hydroxylation is 2. The first-order valence-corrected chi connectivity index (χ1v) is 11.0. The van der Waals surface area contributed by atoms with E-state index in [4.69, 9.17) is 4.74 Å². The van der Waals surface area contributed by atoms with Crippen molar-refractivity contribution < 1.29 is 4.74 Å². The van der Waals surface area contributed by atoms with E-state index in [1.807, 2.05) is 25.0 Å². The highest BCUT2D eigenvalue weighted by Gasteiger charge is 2.28. The van der Waals surface area contributed by atoms with Crippen LogP contribution >= 0.6 is 0 Å². The Labute approximate surface area is 179 Å². The number of ether oxygens (including phenoxy) is 1. The van der Waals surface area contributed by atoms with Crippen LogP contribution in [0.15, 0.2) is 41.7 Å². The highest BCUT2D eigenvalue weighted by Crippen LogP contribution is 2.27. The lowest BCUT2D eigenvalue weighted by molar-refractivity contribution is 0.0169. The molecule has 1 N–H and O–H groups in total. The van der Waals surface area contributed by atoms with Gasteiger partial charge in [-0.25, -0.2) is 0 Å². The van der Waals surface area contributed by atoms with Gasteiger partial charge in [0.2, 0.25) is 0 Å². The summed E-state index contributed by atoms with van der Waals surface area (Å²) in [4.78, 5) is 9.51. The third-order valence-electron chi connectivity index (χ3n) is 6.26. The SMILES string of the molecule is CN=C(NCC(c1cccc(C)c1)N1CCOCC1)N1CCC(c2cnn(C)c2)C1. The van der Waals surface area contributed by atoms with E-state index < -0.39 is 0 Å². The molecule has 2 aliphatic heterocycles. The summed E-state index contributed by atoms with van der Waals surface area (Å²) in [6.45, 7) is 8.53. The van der Waals surface area contributed by atoms with Crippen LogP contribution in [0.4, 0.5) is 0 Å². The molecule has 0 aliphatic carbocycles. The number of hydrogen-bond donors (Lipinski definition) is 1. The topological polar surface area (TPSA) is 57.9 Å². The van der Waals surface area contributed by atoms with Crippen molar-refractivity contribution in [3.8, 4) is 0 Å². The predicted molar refractivity (Wildman–Crippen MR) is 120 cm³/mol. The molecule has 1 aromatic carbocycles. The summed E-state index contributed by atoms with van der Waals surface area (Å²) < 4.78 is 7.48. The lowest BCUT2D eigenvalue weighted by atomic mass is 10.0. The van der Waals surface area contributed by atoms with Crippen LogP contribution in [0.3, 0.4) is 0 Å². The number of nitrogens with zero attached hydrogens (tertiary/aromatic N) is 5. The largest absolute Gasteiger partial charge is 0.379 e. The van der Waals surface area contributed by atoms with Gasteiger partial charge < -0.3 is 15.0 Å². The van der Waals surface area contributed by atoms with Gasteiger partial charge in [0, 0.05) is 58.9 Å². The molecule has 162 valence electrons. The van der Waals surface area contributed by atoms with Crippen LogP contribution in [0.25, 0.3) is 0 Å². The van der Waals surface area contributed by atoms with E-state index >= 15 is 0 Å². The average molecular weight is 411 g/mol. The second-order valence-electron chi connectivity index (χ2n) is 8.39. The highest BCUT2D eigenvalue weighted by molar-refractivity contribution is 5.80. The van der Waals surface area contributed by atoms with E-state index in [9.17, 15) is 0 Å². The maximum atomic E-state index is 5.59. The van der Waals surface area contributed by atoms with Gasteiger partial charge in [0.05, 0.1) is 25.5 Å². The molecule has 7 heteroatoms. The summed E-state index contributed by atoms with van der Waals surface area (Å²) in [6.07, 6.45) is 5.27. The quantitative estimate of drug-likeness (QED) is 0.605. The summed E-state index contributed by atoms with van der Waals surface area (Å²) >= 11 is 0. The van der Waals surface area contributed by atoms with Crippen LogP contribution in [0.2, 0.25) is 0 Å². The normalized spacial score (nSPS) is 21.8. The van der Waals surface area contributed by atoms with E-state index in [0.29, 0.717) is 12.0 Å². The smallest absolute Gasteiger partial charge is 0.193 e. The Morgan fingerprint density at radius 2 is 2.13 bits per heavy atom. The fourth-order valence-corrected chi connectivity index (χ4v) is 4.62. The molecule has 0 saturated carbocycles. The number of guanidine groups is 1. The van der Waals surface area contributed by atoms with E-state index in [1.165, 1.54) is 16.7 Å². The average Bonchev–Trinajstić information content (AvgIpc) is 3.41. The maximum absolute atomic E-state index is 5.59. The molecule has 2 fully saturated rings. The van der Waals surface area contributed by atoms with Crippen molar-refractivity contribution in [2.75, 3.05) is 53.0 Å². The molecule has 2 unspecified atom stereocenters. The zero-order valence-corrected chi connectivity index (χ0v) is 18.4. The third kappa shape index (κ3) is 4.84. The van der Waals surface area contributed by atoms with Crippen LogP contribution in [0, 0.1) is 6.92 Å². The van der Waals surface area contributed by atoms with Crippen molar-refractivity contribution in [2.24, 2.45) is 12.0 Å². The lowest BCUT2D eigenvalue weighted by Crippen LogP contribution is -2.47. The molecule has 0 radical (unpaired) electrons. The van der Waals surface area contributed by atoms with E-state index in [0.717, 1.165) is 58.3 Å². The van der Waals surface area contributed by atoms with Crippen molar-refractivity contribution in [3.63, 3.8) is 0 Å². The van der Waals surface area contributed by atoms with Gasteiger partial charge in [-0.2, -0.15) is 5.10 Å². The van der Waals surface area contributed by atoms with Crippen LogP contribution in [0.5, 0.6) is 0 Å². The van der Waals surface area contributed by atoms with Gasteiger partial charge in [0.15, 0.2) is 5.96 Å². The summed E-state index contributed by atoms with van der Waals surface area (Å²) in [5, 5.41) is 8.02. The van der Waals surface area contributed by atoms with E-state index in [1.54, 1.807) is 0 Å². The molecule has 30 heavy (non-hydrogen) atoms. The molecular formula is C23H34N6O. The van der Waals surface area contributed by atoms with Crippen LogP contribution in [-0.4, -0.2) is 78.5 Å². The molecule has 2 atom stereocenters. The van der Waals surface area contributed by atoms with Crippen molar-refractivity contribution >= 4 is 5.96 Å². The minimum Gasteiger partial charge on any atom is -0.379 e. The second-order valence-corrected chi connectivity index (χ2v) is 8.39. The monoisotopic (exact) mass is 410 g/mol. The van der Waals surface area contributed by atoms with Crippen molar-refractivity contribution in [2.45, 2.75) is 25.3 Å². The third-order valence-corrected chi connectivity index (χ3v) is 6.26. The minimum absolute atomic E-state index is 0.308. The van der Waals surface area contributed by atoms with Gasteiger partial charge in [-0.05, 0) is 24.5 Å². The minimum atomic E-state index is 0.308. The molecule has 2 saturated heterocycles. The Morgan fingerprint density at radius 1 is 1.30 bits per heavy atom. The Hall–Kier alpha value is -2.38. The zero-order chi connectivity index (χ0) is 20.9. The molecule has 2 aliphatic rings. The molecule has 0 bridgehead atoms. The van der Waals surface area contributed by atoms with Gasteiger partial charge in [0.25, 0.3) is 0 Å². The Bertz CT molecular complexity index is 857. The second kappa shape index (κ2) is 9.62. The number of rotatable bonds is 5. The van der Waals surface area contributed by atoms with Gasteiger partial charge in [-0.15, -0.1) is 0 Å². The molecule has 1 aromatic heterocycles. The number of likely N-dealkylation sites (tertiary alicyclic amines) is 1. The number of aliphatic imine (C=N–C) groups is 1. The van der Waals surface area contributed by atoms with Gasteiger partial charge in [-0.1, -0.05) is 29.8 Å². The predicted octanol–water partition coefficient (Wildman–Crippen LogP) is 2.17. The number of benzene rings is 1. The number of hydrogen-bond acceptors (Lipinski definition) is 4. The lowest BCUT2D eigenvalue weighted by Gasteiger charge is -2.36. The first kappa shape index (κ1) is 20.9. The number of nitrogens with one attached hydrogen (secondary N) is 1. The maximum Gasteiger partial charge on any atom is 0.193 e. The van der Waals surface area contributed by atoms with E-state index in [-0.39, 0.29) is 0 Å². The first-order chi connectivity index (χ1) is 14.6. The van der Waals surface area contributed by atoms with Gasteiger partial charge in [-0.3, -0.25) is 14.6 Å². The van der Waals surface area contributed by atoms with Gasteiger partial charge >= 0.3 is 0 Å². The Morgan fingerprint density at radius 3 is 2.83 bits per heavy atom. The fourth-order valence-electron chi connectivity index (χ4n) is 4.62. The molecule has 2 aromatic rings. The molecule has 0 spiro atoms. The fraction of sp³-hybridized carbons (Fsp3) is 0.565. The van der Waals surface area contributed by atoms with Crippen molar-refractivity contribution in [3.05, 3.63) is 53.3 Å². The Kier molecular flexibility index (Phi) is 6.69. The van der Waals surface area contributed by atoms with Crippen LogP contribution < -0.4 is 5.32 Å². The standard InChI is InChI=1S/C23H34N6O/c1-18-5-4-6-19(13-18)22(28-9-11-30-12-10-28)15-25-23(24-2)29-8-7-20(17-29)21-14-26-27(3)16-21/h4-6,13-14,16,20,22H,7-12,15,17H2,1-3H3,(H,24,25). The zero-order valence-electron chi connectivity index (χ0n) is 18.4. The molecule has 7 nitrogen and oxygen atoms in total. The first-order valence-electron chi connectivity index (χ1n) is 11.0. The Balaban J connectivity index is 1.42. The van der Waals surface area contributed by atoms with Gasteiger partial charge in [0.1, 0.15) is 0 Å². The molecular weight excluding hydrogens is 376 g/mol. The van der Waals surface area contributed by atoms with Crippen molar-refractivity contribution in [1.82, 2.24) is 24.9 Å². The van der Waals surface area contributed by atoms with Crippen LogP contribution in [-0.2, 0) is 11.8 Å². The van der Waals surface area contributed by atoms with E-state index in [2.05, 4.69) is 62.6 Å². The molecule has 3 heterocycles. The summed E-state index contributed by atoms with van der Waals surface area (Å²) in [5.74, 6) is 1.51. The molecule has 4 rings (SSSR count). The molecule has 0 amide bonds. The summed E-state index contributed by atoms with van der Waals surface area (Å²) in [7, 11) is 3.86. The highest BCUT2D eigenvalue weighted by atomic mass is 16.5. The summed E-state index contributed by atoms with van der Waals surface area (Å²) in [5.41, 5.74) is 3.98. The van der Waals surface area contributed by atoms with Crippen molar-refractivity contribution in [1.29, 1.82) is 0 Å². The van der Waals surface area contributed by atoms with Crippen LogP contribution in [0.1, 0.15) is 35.1 Å².